The third kappa shape index (κ3) is 4.87. The normalized spacial score (nSPS) is 12.1. The molecule has 0 aliphatic carbocycles. The number of amides is 1. The first kappa shape index (κ1) is 21.4. The highest BCUT2D eigenvalue weighted by Crippen LogP contribution is 2.22. The summed E-state index contributed by atoms with van der Waals surface area (Å²) in [6.45, 7) is 3.08. The lowest BCUT2D eigenvalue weighted by atomic mass is 10.1. The lowest BCUT2D eigenvalue weighted by molar-refractivity contribution is -0.143. The van der Waals surface area contributed by atoms with E-state index in [0.29, 0.717) is 5.69 Å². The number of hydrogen-bond donors (Lipinski definition) is 3. The molecule has 0 heterocycles. The predicted octanol–water partition coefficient (Wildman–Crippen LogP) is 1.37. The number of aliphatic hydroxyl groups excluding tert-OH is 1. The van der Waals surface area contributed by atoms with Gasteiger partial charge >= 0.3 is 5.97 Å². The van der Waals surface area contributed by atoms with E-state index in [4.69, 9.17) is 5.11 Å². The van der Waals surface area contributed by atoms with Gasteiger partial charge in [0.25, 0.3) is 15.9 Å². The van der Waals surface area contributed by atoms with E-state index in [1.54, 1.807) is 12.1 Å². The van der Waals surface area contributed by atoms with Crippen molar-refractivity contribution in [2.24, 2.45) is 0 Å². The molecule has 2 aromatic rings. The largest absolute Gasteiger partial charge is 0.467 e. The van der Waals surface area contributed by atoms with Gasteiger partial charge in [0.2, 0.25) is 0 Å². The summed E-state index contributed by atoms with van der Waals surface area (Å²) in [7, 11) is -2.70. The van der Waals surface area contributed by atoms with E-state index in [9.17, 15) is 18.0 Å². The van der Waals surface area contributed by atoms with E-state index in [1.165, 1.54) is 24.3 Å². The first-order valence-electron chi connectivity index (χ1n) is 8.38. The maximum Gasteiger partial charge on any atom is 0.330 e. The zero-order valence-corrected chi connectivity index (χ0v) is 16.5. The van der Waals surface area contributed by atoms with E-state index in [1.807, 2.05) is 19.9 Å². The average Bonchev–Trinajstić information content (AvgIpc) is 2.68. The van der Waals surface area contributed by atoms with Crippen molar-refractivity contribution in [1.29, 1.82) is 0 Å². The summed E-state index contributed by atoms with van der Waals surface area (Å²) in [6, 6.07) is 9.32. The zero-order chi connectivity index (χ0) is 20.9. The van der Waals surface area contributed by atoms with E-state index in [-0.39, 0.29) is 10.5 Å². The fourth-order valence-corrected chi connectivity index (χ4v) is 3.54. The number of sulfonamides is 1. The minimum absolute atomic E-state index is 0.0170. The molecule has 9 heteroatoms. The van der Waals surface area contributed by atoms with Gasteiger partial charge in [0.05, 0.1) is 24.3 Å². The Balaban J connectivity index is 2.17. The molecule has 0 aliphatic rings. The number of aliphatic hydroxyl groups is 1. The summed E-state index contributed by atoms with van der Waals surface area (Å²) in [5, 5.41) is 11.5. The Kier molecular flexibility index (Phi) is 6.76. The Morgan fingerprint density at radius 3 is 2.32 bits per heavy atom. The fourth-order valence-electron chi connectivity index (χ4n) is 2.41. The van der Waals surface area contributed by atoms with Crippen LogP contribution in [0.1, 0.15) is 21.5 Å². The Morgan fingerprint density at radius 1 is 1.11 bits per heavy atom. The number of methoxy groups -OCH3 is 1. The van der Waals surface area contributed by atoms with Gasteiger partial charge in [-0.2, -0.15) is 0 Å². The van der Waals surface area contributed by atoms with Crippen LogP contribution in [0.5, 0.6) is 0 Å². The monoisotopic (exact) mass is 406 g/mol. The Hall–Kier alpha value is -2.91. The van der Waals surface area contributed by atoms with Crippen LogP contribution in [0.4, 0.5) is 5.69 Å². The van der Waals surface area contributed by atoms with Gasteiger partial charge in [-0.05, 0) is 55.3 Å². The van der Waals surface area contributed by atoms with Gasteiger partial charge in [-0.25, -0.2) is 13.2 Å². The van der Waals surface area contributed by atoms with Crippen molar-refractivity contribution in [3.8, 4) is 0 Å². The predicted molar refractivity (Wildman–Crippen MR) is 104 cm³/mol. The Bertz CT molecular complexity index is 970. The number of carbonyl (C=O) groups is 2. The molecule has 0 aromatic heterocycles. The molecular formula is C19H22N2O6S. The van der Waals surface area contributed by atoms with E-state index >= 15 is 0 Å². The molecule has 0 bridgehead atoms. The molecule has 1 amide bonds. The number of anilines is 1. The maximum atomic E-state index is 12.6. The van der Waals surface area contributed by atoms with Crippen LogP contribution < -0.4 is 10.0 Å². The summed E-state index contributed by atoms with van der Waals surface area (Å²) in [4.78, 5) is 23.6. The van der Waals surface area contributed by atoms with Crippen molar-refractivity contribution < 1.29 is 27.9 Å². The quantitative estimate of drug-likeness (QED) is 0.597. The van der Waals surface area contributed by atoms with Crippen molar-refractivity contribution in [3.05, 3.63) is 59.2 Å². The van der Waals surface area contributed by atoms with Gasteiger partial charge in [-0.3, -0.25) is 9.52 Å². The highest BCUT2D eigenvalue weighted by atomic mass is 32.2. The van der Waals surface area contributed by atoms with Crippen LogP contribution in [0.3, 0.4) is 0 Å². The third-order valence-electron chi connectivity index (χ3n) is 4.25. The lowest BCUT2D eigenvalue weighted by Crippen LogP contribution is -2.44. The van der Waals surface area contributed by atoms with Crippen molar-refractivity contribution in [3.63, 3.8) is 0 Å². The number of hydrogen-bond acceptors (Lipinski definition) is 6. The molecule has 1 atom stereocenters. The van der Waals surface area contributed by atoms with Gasteiger partial charge in [0.1, 0.15) is 0 Å². The number of benzene rings is 2. The molecule has 0 radical (unpaired) electrons. The summed E-state index contributed by atoms with van der Waals surface area (Å²) >= 11 is 0. The summed E-state index contributed by atoms with van der Waals surface area (Å²) < 4.78 is 32.2. The van der Waals surface area contributed by atoms with Crippen LogP contribution in [0.15, 0.2) is 47.4 Å². The highest BCUT2D eigenvalue weighted by molar-refractivity contribution is 7.92. The molecule has 0 spiro atoms. The minimum Gasteiger partial charge on any atom is -0.467 e. The third-order valence-corrected chi connectivity index (χ3v) is 5.63. The van der Waals surface area contributed by atoms with E-state index in [2.05, 4.69) is 14.8 Å². The maximum absolute atomic E-state index is 12.6. The van der Waals surface area contributed by atoms with Crippen molar-refractivity contribution in [2.45, 2.75) is 24.8 Å². The molecule has 28 heavy (non-hydrogen) atoms. The SMILES string of the molecule is COC(=O)[C@H](CO)NC(=O)c1ccc(S(=O)(=O)Nc2cccc(C)c2C)cc1. The van der Waals surface area contributed by atoms with E-state index in [0.717, 1.165) is 18.2 Å². The standard InChI is InChI=1S/C19H22N2O6S/c1-12-5-4-6-16(13(12)2)21-28(25,26)15-9-7-14(8-10-15)18(23)20-17(11-22)19(24)27-3/h4-10,17,21-22H,11H2,1-3H3,(H,20,23)/t17-/m0/s1. The average molecular weight is 406 g/mol. The smallest absolute Gasteiger partial charge is 0.330 e. The number of rotatable bonds is 7. The number of ether oxygens (including phenoxy) is 1. The fraction of sp³-hybridized carbons (Fsp3) is 0.263. The molecular weight excluding hydrogens is 384 g/mol. The molecule has 0 saturated carbocycles. The van der Waals surface area contributed by atoms with Gasteiger partial charge in [-0.15, -0.1) is 0 Å². The lowest BCUT2D eigenvalue weighted by Gasteiger charge is -2.14. The summed E-state index contributed by atoms with van der Waals surface area (Å²) in [5.41, 5.74) is 2.38. The van der Waals surface area contributed by atoms with Gasteiger partial charge in [-0.1, -0.05) is 12.1 Å². The summed E-state index contributed by atoms with van der Waals surface area (Å²) in [6.07, 6.45) is 0. The second-order valence-electron chi connectivity index (χ2n) is 6.11. The van der Waals surface area contributed by atoms with Crippen LogP contribution >= 0.6 is 0 Å². The molecule has 3 N–H and O–H groups in total. The first-order valence-corrected chi connectivity index (χ1v) is 9.86. The Labute approximate surface area is 163 Å². The number of carbonyl (C=O) groups excluding carboxylic acids is 2. The van der Waals surface area contributed by atoms with Crippen LogP contribution in [-0.4, -0.2) is 45.2 Å². The van der Waals surface area contributed by atoms with Crippen LogP contribution in [0.2, 0.25) is 0 Å². The van der Waals surface area contributed by atoms with Crippen molar-refractivity contribution in [2.75, 3.05) is 18.4 Å². The molecule has 2 rings (SSSR count). The molecule has 150 valence electrons. The number of aryl methyl sites for hydroxylation is 1. The highest BCUT2D eigenvalue weighted by Gasteiger charge is 2.22. The van der Waals surface area contributed by atoms with Gasteiger partial charge in [0.15, 0.2) is 6.04 Å². The van der Waals surface area contributed by atoms with E-state index < -0.39 is 34.5 Å². The Morgan fingerprint density at radius 2 is 1.75 bits per heavy atom. The summed E-state index contributed by atoms with van der Waals surface area (Å²) in [5.74, 6) is -1.43. The van der Waals surface area contributed by atoms with Crippen molar-refractivity contribution in [1.82, 2.24) is 5.32 Å². The zero-order valence-electron chi connectivity index (χ0n) is 15.7. The minimum atomic E-state index is -3.84. The molecule has 0 fully saturated rings. The molecule has 2 aromatic carbocycles. The van der Waals surface area contributed by atoms with Gasteiger partial charge < -0.3 is 15.2 Å². The second kappa shape index (κ2) is 8.85. The van der Waals surface area contributed by atoms with Crippen LogP contribution in [-0.2, 0) is 19.6 Å². The van der Waals surface area contributed by atoms with Crippen LogP contribution in [0.25, 0.3) is 0 Å². The molecule has 8 nitrogen and oxygen atoms in total. The number of esters is 1. The van der Waals surface area contributed by atoms with Crippen LogP contribution in [0, 0.1) is 13.8 Å². The molecule has 0 saturated heterocycles. The second-order valence-corrected chi connectivity index (χ2v) is 7.79. The topological polar surface area (TPSA) is 122 Å². The number of nitrogens with one attached hydrogen (secondary N) is 2. The molecule has 0 unspecified atom stereocenters. The van der Waals surface area contributed by atoms with Crippen molar-refractivity contribution >= 4 is 27.6 Å². The first-order chi connectivity index (χ1) is 13.2. The molecule has 0 aliphatic heterocycles. The van der Waals surface area contributed by atoms with Gasteiger partial charge in [0, 0.05) is 5.56 Å².